The molecule has 6 rings (SSSR count). The van der Waals surface area contributed by atoms with Gasteiger partial charge >= 0.3 is 5.97 Å². The van der Waals surface area contributed by atoms with Crippen molar-refractivity contribution in [1.82, 2.24) is 24.7 Å². The van der Waals surface area contributed by atoms with Crippen LogP contribution >= 0.6 is 0 Å². The monoisotopic (exact) mass is 501 g/mol. The van der Waals surface area contributed by atoms with Gasteiger partial charge in [0.25, 0.3) is 0 Å². The van der Waals surface area contributed by atoms with E-state index in [9.17, 15) is 9.90 Å². The molecule has 6 aromatic rings. The molecule has 1 N–H and O–H groups in total. The van der Waals surface area contributed by atoms with Crippen LogP contribution in [0.15, 0.2) is 95.9 Å². The summed E-state index contributed by atoms with van der Waals surface area (Å²) in [6.45, 7) is 3.74. The molecule has 0 fully saturated rings. The number of pyridine rings is 1. The van der Waals surface area contributed by atoms with Gasteiger partial charge in [-0.05, 0) is 49.2 Å². The number of carboxylic acids is 1. The van der Waals surface area contributed by atoms with Crippen molar-refractivity contribution in [2.75, 3.05) is 0 Å². The lowest BCUT2D eigenvalue weighted by molar-refractivity contribution is 0.0697. The normalized spacial score (nSPS) is 12.1. The molecule has 0 radical (unpaired) electrons. The Morgan fingerprint density at radius 1 is 0.947 bits per heavy atom. The summed E-state index contributed by atoms with van der Waals surface area (Å²) in [7, 11) is 0. The number of nitrogens with zero attached hydrogens (tertiary/aromatic N) is 5. The quantitative estimate of drug-likeness (QED) is 0.294. The Bertz CT molecular complexity index is 1700. The van der Waals surface area contributed by atoms with E-state index in [2.05, 4.69) is 21.9 Å². The molecule has 0 bridgehead atoms. The summed E-state index contributed by atoms with van der Waals surface area (Å²) in [5.74, 6) is -0.301. The van der Waals surface area contributed by atoms with E-state index >= 15 is 0 Å². The van der Waals surface area contributed by atoms with Crippen molar-refractivity contribution in [3.63, 3.8) is 0 Å². The molecule has 0 aliphatic rings. The predicted molar refractivity (Wildman–Crippen MR) is 143 cm³/mol. The molecule has 4 heterocycles. The Kier molecular flexibility index (Phi) is 5.76. The average molecular weight is 502 g/mol. The van der Waals surface area contributed by atoms with Crippen LogP contribution in [0.5, 0.6) is 0 Å². The van der Waals surface area contributed by atoms with Gasteiger partial charge < -0.3 is 14.2 Å². The first-order valence-electron chi connectivity index (χ1n) is 12.1. The number of hydrogen-bond donors (Lipinski definition) is 1. The third-order valence-electron chi connectivity index (χ3n) is 6.62. The van der Waals surface area contributed by atoms with Crippen LogP contribution in [0.3, 0.4) is 0 Å². The minimum absolute atomic E-state index is 0.222. The lowest BCUT2D eigenvalue weighted by Crippen LogP contribution is -2.13. The third kappa shape index (κ3) is 4.02. The minimum Gasteiger partial charge on any atom is -0.478 e. The van der Waals surface area contributed by atoms with Gasteiger partial charge in [-0.3, -0.25) is 4.98 Å². The largest absolute Gasteiger partial charge is 0.478 e. The maximum absolute atomic E-state index is 11.4. The summed E-state index contributed by atoms with van der Waals surface area (Å²) < 4.78 is 7.49. The van der Waals surface area contributed by atoms with Gasteiger partial charge in [0.1, 0.15) is 17.3 Å². The van der Waals surface area contributed by atoms with Crippen LogP contribution in [0.1, 0.15) is 39.1 Å². The molecule has 0 amide bonds. The highest BCUT2D eigenvalue weighted by molar-refractivity contribution is 5.94. The fraction of sp³-hybridized carbons (Fsp3) is 0.100. The summed E-state index contributed by atoms with van der Waals surface area (Å²) in [5.41, 5.74) is 7.37. The van der Waals surface area contributed by atoms with Gasteiger partial charge in [-0.15, -0.1) is 0 Å². The Morgan fingerprint density at radius 3 is 2.37 bits per heavy atom. The van der Waals surface area contributed by atoms with Gasteiger partial charge in [0, 0.05) is 18.0 Å². The molecule has 0 aliphatic heterocycles. The lowest BCUT2D eigenvalue weighted by atomic mass is 10.0. The van der Waals surface area contributed by atoms with E-state index in [-0.39, 0.29) is 11.6 Å². The number of carboxylic acid groups (broad SMARTS) is 1. The van der Waals surface area contributed by atoms with Gasteiger partial charge in [-0.25, -0.2) is 14.8 Å². The second-order valence-electron chi connectivity index (χ2n) is 9.03. The number of aromatic carboxylic acids is 1. The van der Waals surface area contributed by atoms with E-state index in [4.69, 9.17) is 19.5 Å². The maximum Gasteiger partial charge on any atom is 0.335 e. The molecule has 0 aliphatic carbocycles. The zero-order valence-corrected chi connectivity index (χ0v) is 20.7. The topological polar surface area (TPSA) is 107 Å². The smallest absolute Gasteiger partial charge is 0.335 e. The van der Waals surface area contributed by atoms with Crippen LogP contribution in [0, 0.1) is 13.8 Å². The average Bonchev–Trinajstić information content (AvgIpc) is 3.49. The molecular weight excluding hydrogens is 478 g/mol. The van der Waals surface area contributed by atoms with E-state index in [1.54, 1.807) is 36.7 Å². The summed E-state index contributed by atoms with van der Waals surface area (Å²) in [6.07, 6.45) is 5.53. The van der Waals surface area contributed by atoms with E-state index in [1.165, 1.54) is 0 Å². The van der Waals surface area contributed by atoms with Crippen molar-refractivity contribution < 1.29 is 14.4 Å². The van der Waals surface area contributed by atoms with Crippen molar-refractivity contribution in [2.45, 2.75) is 19.9 Å². The molecule has 8 heteroatoms. The Morgan fingerprint density at radius 2 is 1.71 bits per heavy atom. The summed E-state index contributed by atoms with van der Waals surface area (Å²) in [5, 5.41) is 13.5. The molecule has 8 nitrogen and oxygen atoms in total. The number of rotatable bonds is 6. The zero-order chi connectivity index (χ0) is 26.2. The van der Waals surface area contributed by atoms with Crippen molar-refractivity contribution in [3.8, 4) is 22.4 Å². The third-order valence-corrected chi connectivity index (χ3v) is 6.62. The van der Waals surface area contributed by atoms with Crippen LogP contribution in [0.2, 0.25) is 0 Å². The molecule has 4 aromatic heterocycles. The van der Waals surface area contributed by atoms with Gasteiger partial charge in [0.05, 0.1) is 34.4 Å². The van der Waals surface area contributed by atoms with E-state index in [0.29, 0.717) is 22.6 Å². The molecule has 186 valence electrons. The number of benzene rings is 2. The fourth-order valence-corrected chi connectivity index (χ4v) is 4.83. The first-order valence-corrected chi connectivity index (χ1v) is 12.1. The maximum atomic E-state index is 11.4. The van der Waals surface area contributed by atoms with Crippen molar-refractivity contribution >= 4 is 17.1 Å². The van der Waals surface area contributed by atoms with Crippen LogP contribution < -0.4 is 0 Å². The number of fused-ring (bicyclic) bond motifs is 1. The second kappa shape index (κ2) is 9.40. The molecule has 0 spiro atoms. The number of hydrogen-bond acceptors (Lipinski definition) is 6. The van der Waals surface area contributed by atoms with Crippen LogP contribution in [-0.4, -0.2) is 35.8 Å². The first kappa shape index (κ1) is 23.3. The number of aromatic nitrogens is 5. The van der Waals surface area contributed by atoms with Gasteiger partial charge in [-0.1, -0.05) is 53.7 Å². The van der Waals surface area contributed by atoms with Crippen LogP contribution in [-0.2, 0) is 0 Å². The predicted octanol–water partition coefficient (Wildman–Crippen LogP) is 6.10. The van der Waals surface area contributed by atoms with Crippen molar-refractivity contribution in [1.29, 1.82) is 0 Å². The lowest BCUT2D eigenvalue weighted by Gasteiger charge is -2.20. The summed E-state index contributed by atoms with van der Waals surface area (Å²) in [6, 6.07) is 22.5. The Labute approximate surface area is 218 Å². The van der Waals surface area contributed by atoms with Gasteiger partial charge in [0.15, 0.2) is 5.65 Å². The molecule has 0 saturated carbocycles. The van der Waals surface area contributed by atoms with Crippen molar-refractivity contribution in [3.05, 3.63) is 120 Å². The highest BCUT2D eigenvalue weighted by atomic mass is 16.5. The highest BCUT2D eigenvalue weighted by Crippen LogP contribution is 2.36. The van der Waals surface area contributed by atoms with Crippen molar-refractivity contribution in [2.24, 2.45) is 0 Å². The molecule has 1 unspecified atom stereocenters. The van der Waals surface area contributed by atoms with Crippen LogP contribution in [0.25, 0.3) is 33.5 Å². The highest BCUT2D eigenvalue weighted by Gasteiger charge is 2.25. The number of carbonyl (C=O) groups is 1. The zero-order valence-electron chi connectivity index (χ0n) is 20.7. The standard InChI is InChI=1S/C30H23N5O3/c1-18-26(19(2)38-34-18)25-16-32-27-23(20-11-13-22(14-12-20)30(36)37)17-35(29(27)33-25)28(21-8-4-3-5-9-21)24-10-6-7-15-31-24/h3-17,28H,1-2H3,(H,36,37). The molecular formula is C30H23N5O3. The molecule has 2 aromatic carbocycles. The van der Waals surface area contributed by atoms with E-state index in [0.717, 1.165) is 33.6 Å². The van der Waals surface area contributed by atoms with Gasteiger partial charge in [-0.2, -0.15) is 0 Å². The molecule has 1 atom stereocenters. The molecule has 38 heavy (non-hydrogen) atoms. The Balaban J connectivity index is 1.63. The van der Waals surface area contributed by atoms with Gasteiger partial charge in [0.2, 0.25) is 0 Å². The fourth-order valence-electron chi connectivity index (χ4n) is 4.83. The molecule has 0 saturated heterocycles. The SMILES string of the molecule is Cc1noc(C)c1-c1cnc2c(-c3ccc(C(=O)O)cc3)cn(C(c3ccccc3)c3ccccn3)c2n1. The van der Waals surface area contributed by atoms with E-state index < -0.39 is 5.97 Å². The summed E-state index contributed by atoms with van der Waals surface area (Å²) >= 11 is 0. The number of aryl methyl sites for hydroxylation is 2. The van der Waals surface area contributed by atoms with E-state index in [1.807, 2.05) is 56.4 Å². The summed E-state index contributed by atoms with van der Waals surface area (Å²) in [4.78, 5) is 26.1. The first-order chi connectivity index (χ1) is 18.5. The van der Waals surface area contributed by atoms with Crippen LogP contribution in [0.4, 0.5) is 0 Å². The second-order valence-corrected chi connectivity index (χ2v) is 9.03. The Hall–Kier alpha value is -5.11. The minimum atomic E-state index is -0.970.